The van der Waals surface area contributed by atoms with E-state index in [1.807, 2.05) is 46.2 Å². The highest BCUT2D eigenvalue weighted by Gasteiger charge is 2.34. The van der Waals surface area contributed by atoms with Gasteiger partial charge in [0.25, 0.3) is 5.91 Å². The fourth-order valence-corrected chi connectivity index (χ4v) is 6.96. The molecule has 0 radical (unpaired) electrons. The second-order valence-electron chi connectivity index (χ2n) is 12.9. The predicted molar refractivity (Wildman–Crippen MR) is 176 cm³/mol. The third kappa shape index (κ3) is 6.61. The number of nitrogens with one attached hydrogen (secondary N) is 3. The number of likely N-dealkylation sites (tertiary alicyclic amines) is 1. The molecule has 236 valence electrons. The molecule has 10 nitrogen and oxygen atoms in total. The molecule has 0 unspecified atom stereocenters. The number of amides is 3. The molecule has 1 saturated carbocycles. The van der Waals surface area contributed by atoms with Crippen LogP contribution in [0.2, 0.25) is 0 Å². The van der Waals surface area contributed by atoms with E-state index in [1.165, 1.54) is 0 Å². The Morgan fingerprint density at radius 2 is 1.42 bits per heavy atom. The van der Waals surface area contributed by atoms with Crippen LogP contribution < -0.4 is 20.9 Å². The maximum absolute atomic E-state index is 13.5. The van der Waals surface area contributed by atoms with Crippen molar-refractivity contribution in [2.45, 2.75) is 44.6 Å². The highest BCUT2D eigenvalue weighted by atomic mass is 16.2. The molecule has 3 N–H and O–H groups in total. The van der Waals surface area contributed by atoms with Crippen molar-refractivity contribution in [2.24, 2.45) is 11.8 Å². The van der Waals surface area contributed by atoms with E-state index in [0.717, 1.165) is 92.7 Å². The summed E-state index contributed by atoms with van der Waals surface area (Å²) in [6.45, 7) is 6.01. The molecule has 3 saturated heterocycles. The van der Waals surface area contributed by atoms with Crippen molar-refractivity contribution >= 4 is 45.7 Å². The number of piperidine rings is 2. The first-order chi connectivity index (χ1) is 22.0. The van der Waals surface area contributed by atoms with Gasteiger partial charge in [0.15, 0.2) is 0 Å². The average Bonchev–Trinajstić information content (AvgIpc) is 3.92. The van der Waals surface area contributed by atoms with Gasteiger partial charge in [0.1, 0.15) is 0 Å². The average molecular weight is 610 g/mol. The van der Waals surface area contributed by atoms with Crippen LogP contribution in [0.25, 0.3) is 10.9 Å². The second kappa shape index (κ2) is 13.0. The van der Waals surface area contributed by atoms with E-state index in [-0.39, 0.29) is 35.6 Å². The molecular formula is C35H43N7O3. The Kier molecular flexibility index (Phi) is 8.56. The zero-order valence-corrected chi connectivity index (χ0v) is 25.8. The minimum atomic E-state index is -0.107. The summed E-state index contributed by atoms with van der Waals surface area (Å²) >= 11 is 0. The second-order valence-corrected chi connectivity index (χ2v) is 12.9. The summed E-state index contributed by atoms with van der Waals surface area (Å²) in [4.78, 5) is 50.6. The van der Waals surface area contributed by atoms with Gasteiger partial charge in [-0.2, -0.15) is 0 Å². The molecule has 45 heavy (non-hydrogen) atoms. The molecule has 2 aromatic carbocycles. The van der Waals surface area contributed by atoms with Crippen LogP contribution in [-0.2, 0) is 9.59 Å². The number of para-hydroxylation sites is 1. The normalized spacial score (nSPS) is 19.9. The monoisotopic (exact) mass is 609 g/mol. The first-order valence-electron chi connectivity index (χ1n) is 16.6. The molecule has 4 heterocycles. The van der Waals surface area contributed by atoms with E-state index >= 15 is 0 Å². The first kappa shape index (κ1) is 29.5. The lowest BCUT2D eigenvalue weighted by molar-refractivity contribution is -0.143. The molecule has 3 amide bonds. The van der Waals surface area contributed by atoms with E-state index in [4.69, 9.17) is 0 Å². The highest BCUT2D eigenvalue weighted by molar-refractivity contribution is 6.08. The maximum atomic E-state index is 13.5. The Morgan fingerprint density at radius 3 is 2.11 bits per heavy atom. The quantitative estimate of drug-likeness (QED) is 0.374. The van der Waals surface area contributed by atoms with Crippen LogP contribution >= 0.6 is 0 Å². The number of hydrogen-bond acceptors (Lipinski definition) is 7. The Morgan fingerprint density at radius 1 is 0.756 bits per heavy atom. The molecule has 10 heteroatoms. The summed E-state index contributed by atoms with van der Waals surface area (Å²) in [5, 5.41) is 10.8. The van der Waals surface area contributed by atoms with Gasteiger partial charge in [-0.1, -0.05) is 18.2 Å². The Labute approximate surface area is 264 Å². The number of rotatable bonds is 7. The molecule has 4 fully saturated rings. The minimum Gasteiger partial charge on any atom is -0.368 e. The van der Waals surface area contributed by atoms with Crippen LogP contribution in [0.5, 0.6) is 0 Å². The lowest BCUT2D eigenvalue weighted by Gasteiger charge is -2.40. The smallest absolute Gasteiger partial charge is 0.255 e. The van der Waals surface area contributed by atoms with Gasteiger partial charge in [-0.15, -0.1) is 0 Å². The van der Waals surface area contributed by atoms with Crippen LogP contribution in [0.3, 0.4) is 0 Å². The third-order valence-corrected chi connectivity index (χ3v) is 9.85. The Bertz CT molecular complexity index is 1540. The summed E-state index contributed by atoms with van der Waals surface area (Å²) in [6.07, 6.45) is 7.04. The van der Waals surface area contributed by atoms with Gasteiger partial charge in [-0.3, -0.25) is 19.4 Å². The molecule has 3 aliphatic heterocycles. The van der Waals surface area contributed by atoms with Crippen molar-refractivity contribution in [1.82, 2.24) is 25.4 Å². The van der Waals surface area contributed by atoms with Crippen LogP contribution in [0, 0.1) is 11.8 Å². The standard InChI is InChI=1S/C35H43N7O3/c43-33(39-27-6-7-27)30-23-37-31-9-8-28(22-29(31)32(30)38-26-4-2-1-3-5-26)40-18-20-42(21-19-40)35(45)25-12-16-41(17-13-25)34(44)24-10-14-36-15-11-24/h1-5,8-9,22-25,27,36H,6-7,10-21H2,(H,37,38)(H,39,43). The summed E-state index contributed by atoms with van der Waals surface area (Å²) in [6, 6.07) is 16.4. The number of pyridine rings is 1. The molecule has 1 aromatic heterocycles. The summed E-state index contributed by atoms with van der Waals surface area (Å²) < 4.78 is 0. The Balaban J connectivity index is 1.01. The van der Waals surface area contributed by atoms with Gasteiger partial charge in [0, 0.05) is 80.1 Å². The van der Waals surface area contributed by atoms with E-state index in [9.17, 15) is 14.4 Å². The number of fused-ring (bicyclic) bond motifs is 1. The molecule has 0 spiro atoms. The molecule has 3 aromatic rings. The van der Waals surface area contributed by atoms with Gasteiger partial charge in [-0.05, 0) is 81.9 Å². The maximum Gasteiger partial charge on any atom is 0.255 e. The number of anilines is 3. The number of carbonyl (C=O) groups excluding carboxylic acids is 3. The molecule has 7 rings (SSSR count). The van der Waals surface area contributed by atoms with Gasteiger partial charge < -0.3 is 30.7 Å². The number of nitrogens with zero attached hydrogens (tertiary/aromatic N) is 4. The van der Waals surface area contributed by atoms with Crippen molar-refractivity contribution in [3.8, 4) is 0 Å². The SMILES string of the molecule is O=C(NC1CC1)c1cnc2ccc(N3CCN(C(=O)C4CCN(C(=O)C5CCNCC5)CC4)CC3)cc2c1Nc1ccccc1. The van der Waals surface area contributed by atoms with E-state index in [2.05, 4.69) is 38.0 Å². The van der Waals surface area contributed by atoms with E-state index < -0.39 is 0 Å². The van der Waals surface area contributed by atoms with E-state index in [0.29, 0.717) is 31.7 Å². The van der Waals surface area contributed by atoms with Crippen LogP contribution in [-0.4, -0.2) is 90.9 Å². The van der Waals surface area contributed by atoms with Crippen molar-refractivity contribution in [3.63, 3.8) is 0 Å². The highest BCUT2D eigenvalue weighted by Crippen LogP contribution is 2.33. The molecule has 0 atom stereocenters. The topological polar surface area (TPSA) is 110 Å². The summed E-state index contributed by atoms with van der Waals surface area (Å²) in [5.74, 6) is 0.525. The van der Waals surface area contributed by atoms with Gasteiger partial charge in [0.05, 0.1) is 16.8 Å². The van der Waals surface area contributed by atoms with Crippen LogP contribution in [0.4, 0.5) is 17.1 Å². The minimum absolute atomic E-state index is 0.00723. The van der Waals surface area contributed by atoms with Crippen molar-refractivity contribution in [3.05, 3.63) is 60.3 Å². The number of benzene rings is 2. The molecular weight excluding hydrogens is 566 g/mol. The first-order valence-corrected chi connectivity index (χ1v) is 16.6. The number of carbonyl (C=O) groups is 3. The zero-order chi connectivity index (χ0) is 30.8. The summed E-state index contributed by atoms with van der Waals surface area (Å²) in [5.41, 5.74) is 4.07. The van der Waals surface area contributed by atoms with Crippen molar-refractivity contribution < 1.29 is 14.4 Å². The lowest BCUT2D eigenvalue weighted by Crippen LogP contribution is -2.52. The molecule has 1 aliphatic carbocycles. The van der Waals surface area contributed by atoms with Crippen molar-refractivity contribution in [1.29, 1.82) is 0 Å². The predicted octanol–water partition coefficient (Wildman–Crippen LogP) is 3.76. The van der Waals surface area contributed by atoms with Crippen LogP contribution in [0.15, 0.2) is 54.7 Å². The van der Waals surface area contributed by atoms with Gasteiger partial charge in [0.2, 0.25) is 11.8 Å². The van der Waals surface area contributed by atoms with Crippen molar-refractivity contribution in [2.75, 3.05) is 62.6 Å². The summed E-state index contributed by atoms with van der Waals surface area (Å²) in [7, 11) is 0. The third-order valence-electron chi connectivity index (χ3n) is 9.85. The molecule has 0 bridgehead atoms. The fourth-order valence-electron chi connectivity index (χ4n) is 6.96. The van der Waals surface area contributed by atoms with Crippen LogP contribution in [0.1, 0.15) is 48.9 Å². The Hall–Kier alpha value is -4.18. The zero-order valence-electron chi connectivity index (χ0n) is 25.8. The number of piperazine rings is 1. The number of aromatic nitrogens is 1. The van der Waals surface area contributed by atoms with Gasteiger partial charge in [-0.25, -0.2) is 0 Å². The largest absolute Gasteiger partial charge is 0.368 e. The van der Waals surface area contributed by atoms with Gasteiger partial charge >= 0.3 is 0 Å². The van der Waals surface area contributed by atoms with E-state index in [1.54, 1.807) is 6.20 Å². The number of hydrogen-bond donors (Lipinski definition) is 3. The fraction of sp³-hybridized carbons (Fsp3) is 0.486. The lowest BCUT2D eigenvalue weighted by atomic mass is 9.91. The molecule has 4 aliphatic rings.